The summed E-state index contributed by atoms with van der Waals surface area (Å²) in [5.41, 5.74) is -1.46. The van der Waals surface area contributed by atoms with Crippen LogP contribution in [0, 0.1) is 33.5 Å². The van der Waals surface area contributed by atoms with E-state index in [4.69, 9.17) is 9.47 Å². The lowest BCUT2D eigenvalue weighted by Gasteiger charge is -2.37. The topological polar surface area (TPSA) is 208 Å². The molecule has 4 saturated carbocycles. The zero-order chi connectivity index (χ0) is 37.6. The molecule has 2 spiro atoms. The highest BCUT2D eigenvalue weighted by molar-refractivity contribution is 7.90. The lowest BCUT2D eigenvalue weighted by Crippen LogP contribution is -2.51. The number of fused-ring (bicyclic) bond motifs is 2. The van der Waals surface area contributed by atoms with Crippen LogP contribution in [0.2, 0.25) is 0 Å². The molecule has 0 aromatic rings. The number of amides is 2. The number of aliphatic hydroxyl groups is 4. The number of sulfonamides is 2. The zero-order valence-corrected chi connectivity index (χ0v) is 32.2. The minimum absolute atomic E-state index is 0.0944. The quantitative estimate of drug-likeness (QED) is 0.259. The van der Waals surface area contributed by atoms with E-state index < -0.39 is 104 Å². The molecule has 8 rings (SSSR count). The summed E-state index contributed by atoms with van der Waals surface area (Å²) in [5.74, 6) is -1.28. The fourth-order valence-corrected chi connectivity index (χ4v) is 18.0. The predicted octanol–water partition coefficient (Wildman–Crippen LogP) is 1.04. The van der Waals surface area contributed by atoms with Gasteiger partial charge in [0.1, 0.15) is 0 Å². The highest BCUT2D eigenvalue weighted by Crippen LogP contribution is 2.71. The third-order valence-corrected chi connectivity index (χ3v) is 20.1. The minimum Gasteiger partial charge on any atom is -0.390 e. The van der Waals surface area contributed by atoms with Crippen molar-refractivity contribution in [3.05, 3.63) is 0 Å². The summed E-state index contributed by atoms with van der Waals surface area (Å²) in [6.45, 7) is 8.36. The maximum atomic E-state index is 13.6. The van der Waals surface area contributed by atoms with Gasteiger partial charge in [0.2, 0.25) is 20.0 Å². The molecule has 0 aromatic carbocycles. The monoisotopic (exact) mass is 772 g/mol. The van der Waals surface area contributed by atoms with Crippen molar-refractivity contribution < 1.29 is 56.3 Å². The Bertz CT molecular complexity index is 1600. The van der Waals surface area contributed by atoms with Crippen molar-refractivity contribution in [3.8, 4) is 0 Å². The van der Waals surface area contributed by atoms with E-state index in [1.54, 1.807) is 0 Å². The molecule has 16 heteroatoms. The SMILES string of the molecule is CC1(C)[C@H]2CC[C@@]13CS(=O)(=O)N(C(=O)[C@H](O)[C@H]1CC[C@@H]([C@@H](O)CC[C@H](O)[C@@H]4CC[C@H]([C@@H](O)C(=O)N5[C@H]6C[C@@H]7CC[C@@]6(CS5(=O)=O)C7(C)C)O4)O1)[C@H]3C2. The van der Waals surface area contributed by atoms with Crippen LogP contribution < -0.4 is 0 Å². The van der Waals surface area contributed by atoms with Crippen LogP contribution >= 0.6 is 0 Å². The second-order valence-corrected chi connectivity index (χ2v) is 22.4. The highest BCUT2D eigenvalue weighted by atomic mass is 32.2. The van der Waals surface area contributed by atoms with Gasteiger partial charge in [-0.25, -0.2) is 25.4 Å². The standard InChI is InChI=1S/C36H56N2O12S2/c1-33(2)19-11-13-35(33)17-51(45,46)37(27(35)15-19)31(43)29(41)25-9-7-23(49-25)21(39)5-6-22(40)24-8-10-26(50-24)30(42)32(44)38-28-16-20-12-14-36(28,34(20,3)4)18-52(38,47)48/h19-30,39-42H,5-18H2,1-4H3/t19-,20-,21-,22-,23-,24-,25+,26+,27-,28-,29+,30+,35-,36-/m0/s1. The molecule has 4 aliphatic carbocycles. The van der Waals surface area contributed by atoms with Crippen LogP contribution in [-0.2, 0) is 39.1 Å². The average molecular weight is 773 g/mol. The fourth-order valence-electron chi connectivity index (χ4n) is 12.9. The van der Waals surface area contributed by atoms with Gasteiger partial charge in [-0.3, -0.25) is 9.59 Å². The molecule has 4 N–H and O–H groups in total. The number of hydrogen-bond donors (Lipinski definition) is 4. The number of aliphatic hydroxyl groups excluding tert-OH is 4. The first kappa shape index (κ1) is 37.5. The lowest BCUT2D eigenvalue weighted by molar-refractivity contribution is -0.150. The Kier molecular flexibility index (Phi) is 8.69. The zero-order valence-electron chi connectivity index (χ0n) is 30.6. The van der Waals surface area contributed by atoms with Crippen molar-refractivity contribution in [2.45, 2.75) is 166 Å². The van der Waals surface area contributed by atoms with E-state index in [-0.39, 0.29) is 48.0 Å². The van der Waals surface area contributed by atoms with E-state index in [0.717, 1.165) is 34.3 Å². The second kappa shape index (κ2) is 12.1. The first-order chi connectivity index (χ1) is 24.2. The summed E-state index contributed by atoms with van der Waals surface area (Å²) in [6.07, 6.45) is -2.99. The van der Waals surface area contributed by atoms with Crippen LogP contribution in [0.1, 0.15) is 105 Å². The number of rotatable bonds is 9. The van der Waals surface area contributed by atoms with Crippen molar-refractivity contribution in [2.24, 2.45) is 33.5 Å². The maximum absolute atomic E-state index is 13.6. The minimum atomic E-state index is -3.91. The molecule has 0 radical (unpaired) electrons. The molecular formula is C36H56N2O12S2. The summed E-state index contributed by atoms with van der Waals surface area (Å²) in [7, 11) is -7.82. The van der Waals surface area contributed by atoms with E-state index in [9.17, 15) is 46.9 Å². The molecule has 2 amide bonds. The van der Waals surface area contributed by atoms with E-state index >= 15 is 0 Å². The molecule has 4 aliphatic heterocycles. The van der Waals surface area contributed by atoms with Gasteiger partial charge in [-0.1, -0.05) is 27.7 Å². The molecule has 52 heavy (non-hydrogen) atoms. The van der Waals surface area contributed by atoms with Gasteiger partial charge >= 0.3 is 0 Å². The van der Waals surface area contributed by atoms with Crippen molar-refractivity contribution >= 4 is 31.9 Å². The van der Waals surface area contributed by atoms with Gasteiger partial charge in [0.15, 0.2) is 12.2 Å². The summed E-state index contributed by atoms with van der Waals surface area (Å²) < 4.78 is 67.0. The van der Waals surface area contributed by atoms with E-state index in [1.165, 1.54) is 0 Å². The second-order valence-electron chi connectivity index (χ2n) is 18.7. The predicted molar refractivity (Wildman–Crippen MR) is 185 cm³/mol. The average Bonchev–Trinajstić information content (AvgIpc) is 3.93. The number of ether oxygens (including phenoxy) is 2. The van der Waals surface area contributed by atoms with Crippen LogP contribution in [0.4, 0.5) is 0 Å². The van der Waals surface area contributed by atoms with Crippen molar-refractivity contribution in [3.63, 3.8) is 0 Å². The van der Waals surface area contributed by atoms with E-state index in [2.05, 4.69) is 27.7 Å². The number of nitrogens with zero attached hydrogens (tertiary/aromatic N) is 2. The van der Waals surface area contributed by atoms with E-state index in [0.29, 0.717) is 37.5 Å². The van der Waals surface area contributed by atoms with Crippen LogP contribution in [-0.4, -0.2) is 130 Å². The normalized spacial score (nSPS) is 45.2. The van der Waals surface area contributed by atoms with Crippen molar-refractivity contribution in [1.82, 2.24) is 8.61 Å². The van der Waals surface area contributed by atoms with E-state index in [1.807, 2.05) is 0 Å². The number of carbonyl (C=O) groups excluding carboxylic acids is 2. The largest absolute Gasteiger partial charge is 0.390 e. The molecule has 0 aromatic heterocycles. The highest BCUT2D eigenvalue weighted by Gasteiger charge is 2.74. The summed E-state index contributed by atoms with van der Waals surface area (Å²) in [5, 5.41) is 44.1. The first-order valence-electron chi connectivity index (χ1n) is 19.3. The summed E-state index contributed by atoms with van der Waals surface area (Å²) in [4.78, 5) is 27.2. The van der Waals surface area contributed by atoms with Crippen molar-refractivity contribution in [1.29, 1.82) is 0 Å². The van der Waals surface area contributed by atoms with Crippen LogP contribution in [0.3, 0.4) is 0 Å². The van der Waals surface area contributed by atoms with Gasteiger partial charge in [0.25, 0.3) is 11.8 Å². The third-order valence-electron chi connectivity index (χ3n) is 16.3. The molecule has 14 atom stereocenters. The van der Waals surface area contributed by atoms with Gasteiger partial charge in [0, 0.05) is 10.8 Å². The molecular weight excluding hydrogens is 717 g/mol. The summed E-state index contributed by atoms with van der Waals surface area (Å²) >= 11 is 0. The molecule has 8 aliphatic rings. The number of carbonyl (C=O) groups is 2. The lowest BCUT2D eigenvalue weighted by atomic mass is 9.69. The Morgan fingerprint density at radius 2 is 0.962 bits per heavy atom. The maximum Gasteiger partial charge on any atom is 0.267 e. The third kappa shape index (κ3) is 5.05. The van der Waals surface area contributed by atoms with Crippen LogP contribution in [0.5, 0.6) is 0 Å². The van der Waals surface area contributed by atoms with Crippen LogP contribution in [0.15, 0.2) is 0 Å². The smallest absolute Gasteiger partial charge is 0.267 e. The Morgan fingerprint density at radius 1 is 0.615 bits per heavy atom. The molecule has 294 valence electrons. The van der Waals surface area contributed by atoms with Gasteiger partial charge < -0.3 is 29.9 Å². The molecule has 4 bridgehead atoms. The number of hydrogen-bond acceptors (Lipinski definition) is 12. The van der Waals surface area contributed by atoms with Gasteiger partial charge in [-0.05, 0) is 99.7 Å². The Balaban J connectivity index is 0.826. The van der Waals surface area contributed by atoms with Gasteiger partial charge in [0.05, 0.1) is 60.2 Å². The Morgan fingerprint density at radius 3 is 1.31 bits per heavy atom. The van der Waals surface area contributed by atoms with Gasteiger partial charge in [-0.15, -0.1) is 0 Å². The molecule has 14 nitrogen and oxygen atoms in total. The molecule has 4 saturated heterocycles. The van der Waals surface area contributed by atoms with Crippen LogP contribution in [0.25, 0.3) is 0 Å². The molecule has 4 heterocycles. The van der Waals surface area contributed by atoms with Crippen molar-refractivity contribution in [2.75, 3.05) is 11.5 Å². The summed E-state index contributed by atoms with van der Waals surface area (Å²) in [6, 6.07) is -0.936. The Labute approximate surface area is 306 Å². The molecule has 0 unspecified atom stereocenters. The molecule has 8 fully saturated rings. The first-order valence-corrected chi connectivity index (χ1v) is 22.6. The Hall–Kier alpha value is -1.40. The fraction of sp³-hybridized carbons (Fsp3) is 0.944. The van der Waals surface area contributed by atoms with Gasteiger partial charge in [-0.2, -0.15) is 0 Å².